The number of hydrogen-bond acceptors (Lipinski definition) is 8. The van der Waals surface area contributed by atoms with Gasteiger partial charge in [-0.25, -0.2) is 4.79 Å². The minimum absolute atomic E-state index is 0.0144. The molecule has 1 rings (SSSR count). The largest absolute Gasteiger partial charge is 0.508 e. The molecule has 1 aromatic carbocycles. The number of aromatic hydroxyl groups is 1. The summed E-state index contributed by atoms with van der Waals surface area (Å²) in [5.74, 6) is -3.37. The predicted molar refractivity (Wildman–Crippen MR) is 130 cm³/mol. The van der Waals surface area contributed by atoms with Crippen LogP contribution >= 0.6 is 25.3 Å². The van der Waals surface area contributed by atoms with Gasteiger partial charge in [0.25, 0.3) is 0 Å². The van der Waals surface area contributed by atoms with Crippen LogP contribution in [0.4, 0.5) is 0 Å². The van der Waals surface area contributed by atoms with Gasteiger partial charge >= 0.3 is 5.97 Å². The fraction of sp³-hybridized carbons (Fsp3) is 0.524. The maximum atomic E-state index is 13.0. The molecule has 0 fully saturated rings. The van der Waals surface area contributed by atoms with Crippen molar-refractivity contribution < 1.29 is 29.4 Å². The number of amides is 3. The van der Waals surface area contributed by atoms with Crippen molar-refractivity contribution in [2.45, 2.75) is 50.9 Å². The maximum Gasteiger partial charge on any atom is 0.326 e. The Bertz CT molecular complexity index is 823. The van der Waals surface area contributed by atoms with Crippen molar-refractivity contribution in [2.24, 2.45) is 11.7 Å². The molecule has 0 radical (unpaired) electrons. The molecule has 0 saturated heterocycles. The second kappa shape index (κ2) is 14.0. The highest BCUT2D eigenvalue weighted by Gasteiger charge is 2.32. The van der Waals surface area contributed by atoms with E-state index in [9.17, 15) is 29.4 Å². The molecule has 5 atom stereocenters. The molecule has 1 aromatic rings. The van der Waals surface area contributed by atoms with Crippen molar-refractivity contribution in [1.82, 2.24) is 16.0 Å². The molecule has 0 saturated carbocycles. The Labute approximate surface area is 203 Å². The lowest BCUT2D eigenvalue weighted by atomic mass is 9.97. The lowest BCUT2D eigenvalue weighted by molar-refractivity contribution is -0.142. The van der Waals surface area contributed by atoms with Gasteiger partial charge in [-0.05, 0) is 23.6 Å². The van der Waals surface area contributed by atoms with Crippen LogP contribution in [0.3, 0.4) is 0 Å². The summed E-state index contributed by atoms with van der Waals surface area (Å²) in [6.45, 7) is 3.57. The highest BCUT2D eigenvalue weighted by molar-refractivity contribution is 7.80. The number of aliphatic carboxylic acids is 1. The molecule has 33 heavy (non-hydrogen) atoms. The molecule has 0 aliphatic heterocycles. The van der Waals surface area contributed by atoms with Crippen LogP contribution in [0.25, 0.3) is 0 Å². The molecule has 7 N–H and O–H groups in total. The summed E-state index contributed by atoms with van der Waals surface area (Å²) in [4.78, 5) is 49.4. The van der Waals surface area contributed by atoms with E-state index in [0.717, 1.165) is 0 Å². The zero-order valence-corrected chi connectivity index (χ0v) is 20.3. The number of carboxylic acids is 1. The number of nitrogens with one attached hydrogen (secondary N) is 3. The smallest absolute Gasteiger partial charge is 0.326 e. The number of nitrogens with two attached hydrogens (primary N) is 1. The Morgan fingerprint density at radius 2 is 1.52 bits per heavy atom. The third-order valence-electron chi connectivity index (χ3n) is 5.13. The Hall–Kier alpha value is -2.44. The van der Waals surface area contributed by atoms with Crippen molar-refractivity contribution >= 4 is 48.9 Å². The second-order valence-corrected chi connectivity index (χ2v) is 8.40. The SMILES string of the molecule is CCC(C)C(NC(=O)C(CS)NC(=O)C(N)CS)C(=O)NC(Cc1ccc(O)cc1)C(=O)O. The number of phenolic OH excluding ortho intramolecular Hbond substituents is 1. The molecular weight excluding hydrogens is 468 g/mol. The fourth-order valence-corrected chi connectivity index (χ4v) is 3.26. The number of thiol groups is 2. The molecule has 3 amide bonds. The van der Waals surface area contributed by atoms with E-state index < -0.39 is 47.9 Å². The van der Waals surface area contributed by atoms with E-state index in [1.807, 2.05) is 6.92 Å². The van der Waals surface area contributed by atoms with Crippen LogP contribution in [0.2, 0.25) is 0 Å². The number of phenols is 1. The molecule has 0 spiro atoms. The molecule has 0 aliphatic rings. The van der Waals surface area contributed by atoms with Crippen LogP contribution in [0, 0.1) is 5.92 Å². The number of carboxylic acid groups (broad SMARTS) is 1. The van der Waals surface area contributed by atoms with Gasteiger partial charge in [0.05, 0.1) is 6.04 Å². The maximum absolute atomic E-state index is 13.0. The van der Waals surface area contributed by atoms with Crippen LogP contribution < -0.4 is 21.7 Å². The minimum atomic E-state index is -1.25. The van der Waals surface area contributed by atoms with Crippen LogP contribution in [-0.4, -0.2) is 69.6 Å². The van der Waals surface area contributed by atoms with Gasteiger partial charge < -0.3 is 31.9 Å². The number of hydrogen-bond donors (Lipinski definition) is 8. The summed E-state index contributed by atoms with van der Waals surface area (Å²) >= 11 is 8.04. The van der Waals surface area contributed by atoms with Crippen LogP contribution in [0.5, 0.6) is 5.75 Å². The summed E-state index contributed by atoms with van der Waals surface area (Å²) in [5.41, 5.74) is 6.21. The summed E-state index contributed by atoms with van der Waals surface area (Å²) in [5, 5.41) is 26.5. The topological polar surface area (TPSA) is 171 Å². The molecule has 184 valence electrons. The Kier molecular flexibility index (Phi) is 12.1. The highest BCUT2D eigenvalue weighted by atomic mass is 32.1. The first-order chi connectivity index (χ1) is 15.5. The second-order valence-electron chi connectivity index (χ2n) is 7.67. The van der Waals surface area contributed by atoms with E-state index in [4.69, 9.17) is 5.73 Å². The van der Waals surface area contributed by atoms with E-state index in [0.29, 0.717) is 12.0 Å². The van der Waals surface area contributed by atoms with Gasteiger partial charge in [-0.1, -0.05) is 32.4 Å². The van der Waals surface area contributed by atoms with Gasteiger partial charge in [0.2, 0.25) is 17.7 Å². The fourth-order valence-electron chi connectivity index (χ4n) is 2.84. The van der Waals surface area contributed by atoms with E-state index in [1.54, 1.807) is 19.1 Å². The zero-order valence-electron chi connectivity index (χ0n) is 18.5. The third kappa shape index (κ3) is 9.14. The van der Waals surface area contributed by atoms with Crippen molar-refractivity contribution in [3.05, 3.63) is 29.8 Å². The Morgan fingerprint density at radius 3 is 2.00 bits per heavy atom. The first-order valence-electron chi connectivity index (χ1n) is 10.4. The van der Waals surface area contributed by atoms with E-state index in [1.165, 1.54) is 12.1 Å². The summed E-state index contributed by atoms with van der Waals surface area (Å²) in [7, 11) is 0. The van der Waals surface area contributed by atoms with Gasteiger partial charge in [0.15, 0.2) is 0 Å². The van der Waals surface area contributed by atoms with Crippen molar-refractivity contribution in [1.29, 1.82) is 0 Å². The van der Waals surface area contributed by atoms with Crippen LogP contribution in [0.1, 0.15) is 25.8 Å². The molecule has 0 heterocycles. The van der Waals surface area contributed by atoms with Gasteiger partial charge in [-0.3, -0.25) is 14.4 Å². The Balaban J connectivity index is 2.95. The molecule has 0 aliphatic carbocycles. The predicted octanol–water partition coefficient (Wildman–Crippen LogP) is -0.293. The molecular formula is C21H32N4O6S2. The van der Waals surface area contributed by atoms with Gasteiger partial charge in [-0.2, -0.15) is 25.3 Å². The number of benzene rings is 1. The first kappa shape index (κ1) is 28.6. The van der Waals surface area contributed by atoms with E-state index in [-0.39, 0.29) is 29.6 Å². The van der Waals surface area contributed by atoms with Crippen molar-refractivity contribution in [3.63, 3.8) is 0 Å². The zero-order chi connectivity index (χ0) is 25.1. The monoisotopic (exact) mass is 500 g/mol. The highest BCUT2D eigenvalue weighted by Crippen LogP contribution is 2.13. The number of rotatable bonds is 13. The van der Waals surface area contributed by atoms with E-state index >= 15 is 0 Å². The van der Waals surface area contributed by atoms with Crippen LogP contribution in [-0.2, 0) is 25.6 Å². The lowest BCUT2D eigenvalue weighted by Crippen LogP contribution is -2.59. The molecule has 0 aromatic heterocycles. The van der Waals surface area contributed by atoms with Gasteiger partial charge in [-0.15, -0.1) is 0 Å². The molecule has 5 unspecified atom stereocenters. The lowest BCUT2D eigenvalue weighted by Gasteiger charge is -2.27. The van der Waals surface area contributed by atoms with Crippen LogP contribution in [0.15, 0.2) is 24.3 Å². The summed E-state index contributed by atoms with van der Waals surface area (Å²) in [6, 6.07) is 1.71. The average Bonchev–Trinajstić information content (AvgIpc) is 2.80. The normalized spacial score (nSPS) is 15.4. The summed E-state index contributed by atoms with van der Waals surface area (Å²) < 4.78 is 0. The minimum Gasteiger partial charge on any atom is -0.508 e. The average molecular weight is 501 g/mol. The van der Waals surface area contributed by atoms with Crippen molar-refractivity contribution in [2.75, 3.05) is 11.5 Å². The van der Waals surface area contributed by atoms with E-state index in [2.05, 4.69) is 41.2 Å². The van der Waals surface area contributed by atoms with Crippen molar-refractivity contribution in [3.8, 4) is 5.75 Å². The standard InChI is InChI=1S/C21H32N4O6S2/c1-3-11(2)17(25-19(28)16(10-33)24-18(27)14(22)9-32)20(29)23-15(21(30)31)8-12-4-6-13(26)7-5-12/h4-7,11,14-17,26,32-33H,3,8-10,22H2,1-2H3,(H,23,29)(H,24,27)(H,25,28)(H,30,31). The number of carbonyl (C=O) groups excluding carboxylic acids is 3. The van der Waals surface area contributed by atoms with Gasteiger partial charge in [0, 0.05) is 17.9 Å². The first-order valence-corrected chi connectivity index (χ1v) is 11.7. The number of carbonyl (C=O) groups is 4. The quantitative estimate of drug-likeness (QED) is 0.172. The molecule has 10 nitrogen and oxygen atoms in total. The third-order valence-corrected chi connectivity index (χ3v) is 5.89. The molecule has 0 bridgehead atoms. The summed E-state index contributed by atoms with van der Waals surface area (Å²) in [6.07, 6.45) is 0.510. The van der Waals surface area contributed by atoms with Gasteiger partial charge in [0.1, 0.15) is 23.9 Å². The Morgan fingerprint density at radius 1 is 0.939 bits per heavy atom. The molecule has 12 heteroatoms.